The van der Waals surface area contributed by atoms with Gasteiger partial charge < -0.3 is 4.57 Å². The lowest BCUT2D eigenvalue weighted by Gasteiger charge is -2.18. The number of rotatable bonds is 13. The van der Waals surface area contributed by atoms with E-state index in [0.717, 1.165) is 29.1 Å². The number of para-hydroxylation sites is 1. The summed E-state index contributed by atoms with van der Waals surface area (Å²) in [5.74, 6) is 0.882. The van der Waals surface area contributed by atoms with Gasteiger partial charge in [0.05, 0.1) is 13.5 Å². The molecule has 1 aromatic rings. The third kappa shape index (κ3) is 10.5. The minimum Gasteiger partial charge on any atom is -0.327 e. The Balaban J connectivity index is 0.000000323. The van der Waals surface area contributed by atoms with Gasteiger partial charge in [0.15, 0.2) is 0 Å². The molecule has 2 rings (SSSR count). The van der Waals surface area contributed by atoms with Crippen LogP contribution in [0.2, 0.25) is 0 Å². The second kappa shape index (κ2) is 16.0. The van der Waals surface area contributed by atoms with E-state index in [1.165, 1.54) is 63.5 Å². The van der Waals surface area contributed by atoms with E-state index in [2.05, 4.69) is 27.7 Å². The van der Waals surface area contributed by atoms with Crippen molar-refractivity contribution in [1.82, 2.24) is 0 Å². The molecular weight excluding hydrogens is 405 g/mol. The molecule has 2 amide bonds. The number of unbranched alkanes of at least 4 members (excludes halogenated alkanes) is 2. The molecule has 1 heterocycles. The fourth-order valence-corrected chi connectivity index (χ4v) is 6.29. The molecular formula is C26H42NO3P. The minimum atomic E-state index is -1.32. The fourth-order valence-electron chi connectivity index (χ4n) is 3.85. The van der Waals surface area contributed by atoms with Crippen molar-refractivity contribution in [2.75, 3.05) is 17.2 Å². The topological polar surface area (TPSA) is 54.5 Å². The molecule has 0 radical (unpaired) electrons. The number of carbonyl (C=O) groups is 2. The molecule has 0 bridgehead atoms. The summed E-state index contributed by atoms with van der Waals surface area (Å²) in [5.41, 5.74) is 0.613. The normalized spacial score (nSPS) is 16.1. The molecule has 0 saturated carbocycles. The molecule has 2 unspecified atom stereocenters. The van der Waals surface area contributed by atoms with E-state index in [9.17, 15) is 14.2 Å². The second-order valence-corrected chi connectivity index (χ2v) is 10.4. The summed E-state index contributed by atoms with van der Waals surface area (Å²) in [7, 11) is -1.32. The van der Waals surface area contributed by atoms with Gasteiger partial charge in [0, 0.05) is 24.5 Å². The van der Waals surface area contributed by atoms with E-state index < -0.39 is 7.80 Å². The largest absolute Gasteiger partial charge is 0.327 e. The monoisotopic (exact) mass is 447 g/mol. The molecule has 174 valence electrons. The van der Waals surface area contributed by atoms with Crippen molar-refractivity contribution in [3.8, 4) is 0 Å². The molecule has 0 aliphatic carbocycles. The summed E-state index contributed by atoms with van der Waals surface area (Å²) in [5, 5.41) is 0. The van der Waals surface area contributed by atoms with Gasteiger partial charge in [-0.1, -0.05) is 97.3 Å². The van der Waals surface area contributed by atoms with Crippen LogP contribution in [0.5, 0.6) is 0 Å². The Labute approximate surface area is 190 Å². The number of hydrogen-bond donors (Lipinski definition) is 0. The van der Waals surface area contributed by atoms with E-state index in [-0.39, 0.29) is 11.8 Å². The van der Waals surface area contributed by atoms with Crippen LogP contribution in [0.25, 0.3) is 0 Å². The summed E-state index contributed by atoms with van der Waals surface area (Å²) >= 11 is 0. The third-order valence-electron chi connectivity index (χ3n) is 5.94. The van der Waals surface area contributed by atoms with E-state index in [1.54, 1.807) is 24.3 Å². The Morgan fingerprint density at radius 1 is 0.774 bits per heavy atom. The first-order valence-electron chi connectivity index (χ1n) is 12.1. The van der Waals surface area contributed by atoms with Crippen LogP contribution in [-0.4, -0.2) is 24.1 Å². The highest BCUT2D eigenvalue weighted by atomic mass is 31.1. The highest BCUT2D eigenvalue weighted by Gasteiger charge is 2.24. The lowest BCUT2D eigenvalue weighted by Crippen LogP contribution is -2.29. The number of benzene rings is 1. The predicted molar refractivity (Wildman–Crippen MR) is 133 cm³/mol. The standard InChI is InChI=1S/C16H35OP.C10H7NO2/c1-5-9-11-15(7-3)13-18(17)14-16(8-4)12-10-6-2;12-9-6-7-10(13)11(9)8-4-2-1-3-5-8/h15-16,18H,5-14H2,1-4H3;1-7H. The summed E-state index contributed by atoms with van der Waals surface area (Å²) in [6, 6.07) is 8.86. The second-order valence-electron chi connectivity index (χ2n) is 8.46. The van der Waals surface area contributed by atoms with Gasteiger partial charge in [-0.05, 0) is 24.0 Å². The predicted octanol–water partition coefficient (Wildman–Crippen LogP) is 7.09. The zero-order chi connectivity index (χ0) is 23.1. The van der Waals surface area contributed by atoms with Crippen molar-refractivity contribution >= 4 is 25.3 Å². The first kappa shape index (κ1) is 27.4. The van der Waals surface area contributed by atoms with Gasteiger partial charge in [-0.3, -0.25) is 9.59 Å². The zero-order valence-corrected chi connectivity index (χ0v) is 20.9. The maximum absolute atomic E-state index is 12.3. The number of amides is 2. The molecule has 0 saturated heterocycles. The van der Waals surface area contributed by atoms with Crippen molar-refractivity contribution in [3.63, 3.8) is 0 Å². The molecule has 2 atom stereocenters. The summed E-state index contributed by atoms with van der Waals surface area (Å²) in [4.78, 5) is 23.5. The fraction of sp³-hybridized carbons (Fsp3) is 0.615. The highest BCUT2D eigenvalue weighted by Crippen LogP contribution is 2.33. The molecule has 1 aromatic carbocycles. The maximum Gasteiger partial charge on any atom is 0.258 e. The van der Waals surface area contributed by atoms with E-state index in [1.807, 2.05) is 6.07 Å². The Kier molecular flexibility index (Phi) is 14.2. The van der Waals surface area contributed by atoms with Gasteiger partial charge in [-0.2, -0.15) is 0 Å². The molecule has 1 aliphatic heterocycles. The summed E-state index contributed by atoms with van der Waals surface area (Å²) in [6.45, 7) is 9.00. The number of nitrogens with zero attached hydrogens (tertiary/aromatic N) is 1. The van der Waals surface area contributed by atoms with Gasteiger partial charge in [0.25, 0.3) is 11.8 Å². The van der Waals surface area contributed by atoms with Crippen molar-refractivity contribution in [2.24, 2.45) is 11.8 Å². The van der Waals surface area contributed by atoms with Crippen LogP contribution in [0.15, 0.2) is 42.5 Å². The molecule has 0 fully saturated rings. The molecule has 0 N–H and O–H groups in total. The quantitative estimate of drug-likeness (QED) is 0.239. The van der Waals surface area contributed by atoms with Crippen LogP contribution in [0.4, 0.5) is 5.69 Å². The smallest absolute Gasteiger partial charge is 0.258 e. The Hall–Kier alpha value is -1.67. The lowest BCUT2D eigenvalue weighted by atomic mass is 10.0. The summed E-state index contributed by atoms with van der Waals surface area (Å²) in [6.07, 6.45) is 14.7. The number of anilines is 1. The first-order valence-corrected chi connectivity index (χ1v) is 13.9. The van der Waals surface area contributed by atoms with Crippen LogP contribution in [0.1, 0.15) is 79.1 Å². The Bertz CT molecular complexity index is 664. The van der Waals surface area contributed by atoms with Gasteiger partial charge in [-0.15, -0.1) is 0 Å². The van der Waals surface area contributed by atoms with Crippen LogP contribution >= 0.6 is 7.80 Å². The number of hydrogen-bond acceptors (Lipinski definition) is 3. The maximum atomic E-state index is 12.3. The summed E-state index contributed by atoms with van der Waals surface area (Å²) < 4.78 is 12.3. The lowest BCUT2D eigenvalue weighted by molar-refractivity contribution is -0.119. The molecule has 0 aromatic heterocycles. The molecule has 1 aliphatic rings. The number of carbonyl (C=O) groups excluding carboxylic acids is 2. The van der Waals surface area contributed by atoms with Gasteiger partial charge >= 0.3 is 0 Å². The average molecular weight is 448 g/mol. The van der Waals surface area contributed by atoms with E-state index in [4.69, 9.17) is 0 Å². The molecule has 5 heteroatoms. The SMILES string of the molecule is CCCCC(CC)C[PH](=O)CC(CC)CCCC.O=C1C=CC(=O)N1c1ccccc1. The first-order chi connectivity index (χ1) is 15.0. The van der Waals surface area contributed by atoms with Crippen molar-refractivity contribution < 1.29 is 14.2 Å². The Morgan fingerprint density at radius 2 is 1.23 bits per heavy atom. The van der Waals surface area contributed by atoms with E-state index >= 15 is 0 Å². The third-order valence-corrected chi connectivity index (χ3v) is 8.01. The molecule has 0 spiro atoms. The molecule has 4 nitrogen and oxygen atoms in total. The van der Waals surface area contributed by atoms with Gasteiger partial charge in [0.1, 0.15) is 0 Å². The van der Waals surface area contributed by atoms with Crippen LogP contribution < -0.4 is 4.90 Å². The van der Waals surface area contributed by atoms with Crippen LogP contribution in [0.3, 0.4) is 0 Å². The van der Waals surface area contributed by atoms with E-state index in [0.29, 0.717) is 5.69 Å². The van der Waals surface area contributed by atoms with Crippen molar-refractivity contribution in [3.05, 3.63) is 42.5 Å². The highest BCUT2D eigenvalue weighted by molar-refractivity contribution is 7.44. The van der Waals surface area contributed by atoms with Crippen LogP contribution in [0, 0.1) is 11.8 Å². The zero-order valence-electron chi connectivity index (χ0n) is 19.9. The Morgan fingerprint density at radius 3 is 1.61 bits per heavy atom. The van der Waals surface area contributed by atoms with Gasteiger partial charge in [0.2, 0.25) is 0 Å². The average Bonchev–Trinajstić information content (AvgIpc) is 3.12. The van der Waals surface area contributed by atoms with Crippen LogP contribution in [-0.2, 0) is 14.2 Å². The van der Waals surface area contributed by atoms with Gasteiger partial charge in [-0.25, -0.2) is 4.90 Å². The van der Waals surface area contributed by atoms with Crippen molar-refractivity contribution in [1.29, 1.82) is 0 Å². The van der Waals surface area contributed by atoms with Crippen molar-refractivity contribution in [2.45, 2.75) is 79.1 Å². The molecule has 31 heavy (non-hydrogen) atoms. The minimum absolute atomic E-state index is 0.281. The number of imide groups is 1.